The Labute approximate surface area is 179 Å². The first-order valence-electron chi connectivity index (χ1n) is 10.7. The monoisotopic (exact) mass is 416 g/mol. The van der Waals surface area contributed by atoms with Crippen molar-refractivity contribution < 1.29 is 9.26 Å². The number of benzene rings is 2. The molecule has 2 heterocycles. The number of piperidine rings is 1. The third-order valence-corrected chi connectivity index (χ3v) is 7.83. The van der Waals surface area contributed by atoms with Crippen molar-refractivity contribution in [3.63, 3.8) is 0 Å². The van der Waals surface area contributed by atoms with Crippen molar-refractivity contribution in [2.45, 2.75) is 43.8 Å². The first kappa shape index (κ1) is 20.6. The standard InChI is InChI=1S/C25H28N2O2Si/c1-18-8-7-15-30(29)24(18)25(28)27-22-13-6-14-26-23(22)17-19-9-5-12-21(16-19)20-10-3-2-4-11-20/h2-5,7-12,15-16,22-24,26H,6,13-14,17H2,1H3,(H,27,28). The minimum atomic E-state index is -2.07. The molecule has 0 saturated carbocycles. The van der Waals surface area contributed by atoms with Gasteiger partial charge in [0.1, 0.15) is 5.54 Å². The zero-order chi connectivity index (χ0) is 20.9. The molecule has 30 heavy (non-hydrogen) atoms. The van der Waals surface area contributed by atoms with Crippen molar-refractivity contribution in [1.29, 1.82) is 0 Å². The van der Waals surface area contributed by atoms with Gasteiger partial charge in [-0.2, -0.15) is 0 Å². The number of nitrogens with one attached hydrogen (secondary N) is 2. The molecule has 154 valence electrons. The number of amides is 1. The van der Waals surface area contributed by atoms with E-state index in [-0.39, 0.29) is 18.0 Å². The molecule has 2 aliphatic heterocycles. The quantitative estimate of drug-likeness (QED) is 0.725. The van der Waals surface area contributed by atoms with Crippen LogP contribution < -0.4 is 10.6 Å². The second-order valence-electron chi connectivity index (χ2n) is 8.19. The molecular weight excluding hydrogens is 388 g/mol. The normalized spacial score (nSPS) is 23.7. The van der Waals surface area contributed by atoms with Crippen LogP contribution in [-0.4, -0.2) is 33.2 Å². The molecule has 5 heteroatoms. The van der Waals surface area contributed by atoms with Gasteiger partial charge in [0.2, 0.25) is 5.91 Å². The van der Waals surface area contributed by atoms with Gasteiger partial charge in [0.05, 0.1) is 0 Å². The summed E-state index contributed by atoms with van der Waals surface area (Å²) in [5.74, 6) is -0.103. The van der Waals surface area contributed by atoms with Crippen LogP contribution in [0.2, 0.25) is 5.54 Å². The minimum absolute atomic E-state index is 0.0418. The van der Waals surface area contributed by atoms with Gasteiger partial charge in [-0.3, -0.25) is 4.79 Å². The summed E-state index contributed by atoms with van der Waals surface area (Å²) in [6, 6.07) is 19.2. The Morgan fingerprint density at radius 1 is 1.13 bits per heavy atom. The van der Waals surface area contributed by atoms with Crippen molar-refractivity contribution in [2.75, 3.05) is 6.54 Å². The Hall–Kier alpha value is -2.63. The van der Waals surface area contributed by atoms with Gasteiger partial charge in [-0.05, 0) is 55.1 Å². The Balaban J connectivity index is 1.47. The predicted molar refractivity (Wildman–Crippen MR) is 122 cm³/mol. The lowest BCUT2D eigenvalue weighted by molar-refractivity contribution is -0.121. The number of carbonyl (C=O) groups is 1. The number of hydrogen-bond acceptors (Lipinski definition) is 3. The average Bonchev–Trinajstić information content (AvgIpc) is 2.76. The summed E-state index contributed by atoms with van der Waals surface area (Å²) < 4.78 is 12.4. The SMILES string of the molecule is CC1=CC=C[Si](=O)C1C(=O)NC1CCCNC1Cc1cccc(-c2ccccc2)c1. The van der Waals surface area contributed by atoms with Crippen LogP contribution >= 0.6 is 0 Å². The van der Waals surface area contributed by atoms with Crippen LogP contribution in [0.5, 0.6) is 0 Å². The molecular formula is C25H28N2O2Si. The van der Waals surface area contributed by atoms with E-state index in [1.165, 1.54) is 16.7 Å². The Kier molecular flexibility index (Phi) is 6.50. The predicted octanol–water partition coefficient (Wildman–Crippen LogP) is 3.98. The molecule has 2 aliphatic rings. The number of hydrogen-bond donors (Lipinski definition) is 2. The second kappa shape index (κ2) is 9.45. The van der Waals surface area contributed by atoms with Crippen LogP contribution in [0, 0.1) is 0 Å². The first-order chi connectivity index (χ1) is 14.6. The number of rotatable bonds is 5. The van der Waals surface area contributed by atoms with Gasteiger partial charge in [0.25, 0.3) is 0 Å². The molecule has 0 spiro atoms. The molecule has 4 rings (SSSR count). The lowest BCUT2D eigenvalue weighted by atomic mass is 9.91. The summed E-state index contributed by atoms with van der Waals surface area (Å²) in [5.41, 5.74) is 5.71. The molecule has 0 bridgehead atoms. The van der Waals surface area contributed by atoms with Gasteiger partial charge in [-0.1, -0.05) is 72.3 Å². The topological polar surface area (TPSA) is 58.2 Å². The Morgan fingerprint density at radius 2 is 1.93 bits per heavy atom. The van der Waals surface area contributed by atoms with E-state index in [9.17, 15) is 9.26 Å². The summed E-state index contributed by atoms with van der Waals surface area (Å²) in [4.78, 5) is 12.9. The van der Waals surface area contributed by atoms with E-state index in [0.717, 1.165) is 31.4 Å². The van der Waals surface area contributed by atoms with E-state index >= 15 is 0 Å². The molecule has 2 aromatic carbocycles. The number of carbonyl (C=O) groups excluding carboxylic acids is 1. The zero-order valence-corrected chi connectivity index (χ0v) is 18.3. The van der Waals surface area contributed by atoms with E-state index < -0.39 is 14.2 Å². The molecule has 2 N–H and O–H groups in total. The maximum Gasteiger partial charge on any atom is 0.321 e. The van der Waals surface area contributed by atoms with E-state index in [1.807, 2.05) is 19.1 Å². The minimum Gasteiger partial charge on any atom is -0.382 e. The van der Waals surface area contributed by atoms with Crippen molar-refractivity contribution in [1.82, 2.24) is 10.6 Å². The van der Waals surface area contributed by atoms with Crippen LogP contribution in [-0.2, 0) is 15.7 Å². The van der Waals surface area contributed by atoms with Gasteiger partial charge in [-0.15, -0.1) is 0 Å². The van der Waals surface area contributed by atoms with E-state index in [2.05, 4.69) is 59.2 Å². The fourth-order valence-corrected chi connectivity index (χ4v) is 5.78. The molecule has 1 fully saturated rings. The zero-order valence-electron chi connectivity index (χ0n) is 17.3. The fraction of sp³-hybridized carbons (Fsp3) is 0.320. The van der Waals surface area contributed by atoms with E-state index in [0.29, 0.717) is 0 Å². The Morgan fingerprint density at radius 3 is 2.73 bits per heavy atom. The molecule has 0 aromatic heterocycles. The van der Waals surface area contributed by atoms with Crippen LogP contribution in [0.15, 0.2) is 78.0 Å². The van der Waals surface area contributed by atoms with Crippen molar-refractivity contribution in [2.24, 2.45) is 0 Å². The molecule has 0 aliphatic carbocycles. The maximum atomic E-state index is 12.9. The number of allylic oxidation sites excluding steroid dienone is 2. The van der Waals surface area contributed by atoms with Crippen LogP contribution in [0.3, 0.4) is 0 Å². The highest BCUT2D eigenvalue weighted by Crippen LogP contribution is 2.25. The molecule has 2 aromatic rings. The van der Waals surface area contributed by atoms with Crippen LogP contribution in [0.4, 0.5) is 0 Å². The van der Waals surface area contributed by atoms with Crippen LogP contribution in [0.25, 0.3) is 11.1 Å². The first-order valence-corrected chi connectivity index (χ1v) is 12.2. The lowest BCUT2D eigenvalue weighted by Gasteiger charge is -2.34. The molecule has 1 amide bonds. The fourth-order valence-electron chi connectivity index (χ4n) is 4.42. The summed E-state index contributed by atoms with van der Waals surface area (Å²) >= 11 is 0. The Bertz CT molecular complexity index is 984. The highest BCUT2D eigenvalue weighted by molar-refractivity contribution is 6.57. The second-order valence-corrected chi connectivity index (χ2v) is 9.91. The van der Waals surface area contributed by atoms with Gasteiger partial charge in [0, 0.05) is 12.1 Å². The van der Waals surface area contributed by atoms with Crippen molar-refractivity contribution in [3.8, 4) is 11.1 Å². The molecule has 4 nitrogen and oxygen atoms in total. The van der Waals surface area contributed by atoms with Crippen LogP contribution in [0.1, 0.15) is 25.3 Å². The van der Waals surface area contributed by atoms with Crippen molar-refractivity contribution >= 4 is 14.6 Å². The summed E-state index contributed by atoms with van der Waals surface area (Å²) in [6.07, 6.45) is 6.50. The van der Waals surface area contributed by atoms with Crippen molar-refractivity contribution in [3.05, 3.63) is 83.6 Å². The van der Waals surface area contributed by atoms with E-state index in [4.69, 9.17) is 0 Å². The summed E-state index contributed by atoms with van der Waals surface area (Å²) in [7, 11) is -2.07. The lowest BCUT2D eigenvalue weighted by Crippen LogP contribution is -2.55. The van der Waals surface area contributed by atoms with Gasteiger partial charge in [0.15, 0.2) is 0 Å². The average molecular weight is 417 g/mol. The van der Waals surface area contributed by atoms with Gasteiger partial charge < -0.3 is 15.1 Å². The largest absolute Gasteiger partial charge is 0.382 e. The van der Waals surface area contributed by atoms with Gasteiger partial charge in [-0.25, -0.2) is 0 Å². The third kappa shape index (κ3) is 4.74. The summed E-state index contributed by atoms with van der Waals surface area (Å²) in [6.45, 7) is 2.85. The highest BCUT2D eigenvalue weighted by Gasteiger charge is 2.33. The maximum absolute atomic E-state index is 12.9. The third-order valence-electron chi connectivity index (χ3n) is 6.02. The molecule has 3 atom stereocenters. The molecule has 0 radical (unpaired) electrons. The smallest absolute Gasteiger partial charge is 0.321 e. The van der Waals surface area contributed by atoms with E-state index in [1.54, 1.807) is 11.8 Å². The summed E-state index contributed by atoms with van der Waals surface area (Å²) in [5, 5.41) is 6.81. The highest BCUT2D eigenvalue weighted by atomic mass is 28.3. The molecule has 1 saturated heterocycles. The van der Waals surface area contributed by atoms with Gasteiger partial charge >= 0.3 is 8.68 Å². The molecule has 3 unspecified atom stereocenters.